The van der Waals surface area contributed by atoms with E-state index in [0.29, 0.717) is 16.3 Å². The molecule has 5 heteroatoms. The number of carbonyl (C=O) groups excluding carboxylic acids is 1. The standard InChI is InChI=1S/C12H10ClN3O/c1-8-4-9(6-15-5-8)16-12(17)10-2-3-14-7-11(10)13/h2-7H,1H3,(H,16,17). The van der Waals surface area contributed by atoms with Crippen molar-refractivity contribution in [3.63, 3.8) is 0 Å². The first-order valence-corrected chi connectivity index (χ1v) is 5.37. The van der Waals surface area contributed by atoms with E-state index in [1.54, 1.807) is 18.5 Å². The molecule has 0 unspecified atom stereocenters. The van der Waals surface area contributed by atoms with E-state index in [2.05, 4.69) is 15.3 Å². The maximum absolute atomic E-state index is 11.9. The zero-order valence-corrected chi connectivity index (χ0v) is 9.90. The molecule has 1 amide bonds. The van der Waals surface area contributed by atoms with Crippen molar-refractivity contribution in [2.75, 3.05) is 5.32 Å². The first-order valence-electron chi connectivity index (χ1n) is 4.99. The molecule has 2 aromatic heterocycles. The lowest BCUT2D eigenvalue weighted by Gasteiger charge is -2.06. The van der Waals surface area contributed by atoms with Gasteiger partial charge in [-0.2, -0.15) is 0 Å². The van der Waals surface area contributed by atoms with Gasteiger partial charge >= 0.3 is 0 Å². The summed E-state index contributed by atoms with van der Waals surface area (Å²) in [6, 6.07) is 3.40. The van der Waals surface area contributed by atoms with Crippen molar-refractivity contribution in [3.05, 3.63) is 53.1 Å². The molecular weight excluding hydrogens is 238 g/mol. The van der Waals surface area contributed by atoms with Crippen LogP contribution in [-0.2, 0) is 0 Å². The summed E-state index contributed by atoms with van der Waals surface area (Å²) in [4.78, 5) is 19.7. The molecule has 0 aliphatic rings. The van der Waals surface area contributed by atoms with Crippen molar-refractivity contribution in [1.29, 1.82) is 0 Å². The number of nitrogens with zero attached hydrogens (tertiary/aromatic N) is 2. The molecule has 1 N–H and O–H groups in total. The van der Waals surface area contributed by atoms with E-state index in [1.165, 1.54) is 12.4 Å². The van der Waals surface area contributed by atoms with Gasteiger partial charge in [0.25, 0.3) is 5.91 Å². The Morgan fingerprint density at radius 1 is 1.29 bits per heavy atom. The lowest BCUT2D eigenvalue weighted by Crippen LogP contribution is -2.12. The van der Waals surface area contributed by atoms with Gasteiger partial charge in [-0.3, -0.25) is 14.8 Å². The predicted molar refractivity (Wildman–Crippen MR) is 66.2 cm³/mol. The number of amides is 1. The average molecular weight is 248 g/mol. The Bertz CT molecular complexity index is 557. The number of anilines is 1. The second-order valence-electron chi connectivity index (χ2n) is 3.56. The molecule has 86 valence electrons. The molecule has 2 aromatic rings. The highest BCUT2D eigenvalue weighted by Gasteiger charge is 2.10. The lowest BCUT2D eigenvalue weighted by atomic mass is 10.2. The molecule has 2 rings (SSSR count). The van der Waals surface area contributed by atoms with Gasteiger partial charge in [0.15, 0.2) is 0 Å². The number of aromatic nitrogens is 2. The van der Waals surface area contributed by atoms with Gasteiger partial charge in [-0.1, -0.05) is 11.6 Å². The van der Waals surface area contributed by atoms with Crippen LogP contribution in [0.3, 0.4) is 0 Å². The first kappa shape index (κ1) is 11.5. The van der Waals surface area contributed by atoms with Crippen molar-refractivity contribution in [1.82, 2.24) is 9.97 Å². The van der Waals surface area contributed by atoms with E-state index < -0.39 is 0 Å². The smallest absolute Gasteiger partial charge is 0.257 e. The zero-order chi connectivity index (χ0) is 12.3. The molecule has 2 heterocycles. The number of rotatable bonds is 2. The summed E-state index contributed by atoms with van der Waals surface area (Å²) in [5.74, 6) is -0.273. The minimum atomic E-state index is -0.273. The summed E-state index contributed by atoms with van der Waals surface area (Å²) in [5, 5.41) is 3.05. The van der Waals surface area contributed by atoms with Crippen LogP contribution in [0.2, 0.25) is 5.02 Å². The summed E-state index contributed by atoms with van der Waals surface area (Å²) in [5.41, 5.74) is 2.01. The molecule has 0 aromatic carbocycles. The molecule has 0 aliphatic heterocycles. The minimum absolute atomic E-state index is 0.273. The van der Waals surface area contributed by atoms with Crippen LogP contribution >= 0.6 is 11.6 Å². The van der Waals surface area contributed by atoms with Gasteiger partial charge in [0.05, 0.1) is 22.5 Å². The third-order valence-corrected chi connectivity index (χ3v) is 2.45. The summed E-state index contributed by atoms with van der Waals surface area (Å²) >= 11 is 5.88. The van der Waals surface area contributed by atoms with Crippen LogP contribution in [0.25, 0.3) is 0 Å². The van der Waals surface area contributed by atoms with Gasteiger partial charge in [-0.25, -0.2) is 0 Å². The maximum Gasteiger partial charge on any atom is 0.257 e. The van der Waals surface area contributed by atoms with Crippen molar-refractivity contribution in [2.45, 2.75) is 6.92 Å². The zero-order valence-electron chi connectivity index (χ0n) is 9.14. The second-order valence-corrected chi connectivity index (χ2v) is 3.97. The van der Waals surface area contributed by atoms with Crippen molar-refractivity contribution < 1.29 is 4.79 Å². The third kappa shape index (κ3) is 2.79. The van der Waals surface area contributed by atoms with E-state index in [0.717, 1.165) is 5.56 Å². The molecule has 0 fully saturated rings. The van der Waals surface area contributed by atoms with E-state index in [-0.39, 0.29) is 5.91 Å². The summed E-state index contributed by atoms with van der Waals surface area (Å²) in [6.45, 7) is 1.90. The molecule has 0 saturated carbocycles. The highest BCUT2D eigenvalue weighted by atomic mass is 35.5. The van der Waals surface area contributed by atoms with Crippen molar-refractivity contribution >= 4 is 23.2 Å². The van der Waals surface area contributed by atoms with Crippen LogP contribution in [0.15, 0.2) is 36.9 Å². The Balaban J connectivity index is 2.20. The van der Waals surface area contributed by atoms with Gasteiger partial charge < -0.3 is 5.32 Å². The first-order chi connectivity index (χ1) is 8.16. The molecule has 17 heavy (non-hydrogen) atoms. The predicted octanol–water partition coefficient (Wildman–Crippen LogP) is 2.69. The Kier molecular flexibility index (Phi) is 3.35. The third-order valence-electron chi connectivity index (χ3n) is 2.15. The van der Waals surface area contributed by atoms with E-state index in [1.807, 2.05) is 13.0 Å². The van der Waals surface area contributed by atoms with Gasteiger partial charge in [-0.15, -0.1) is 0 Å². The van der Waals surface area contributed by atoms with Crippen LogP contribution in [0.1, 0.15) is 15.9 Å². The Hall–Kier alpha value is -1.94. The fourth-order valence-corrected chi connectivity index (χ4v) is 1.59. The summed E-state index contributed by atoms with van der Waals surface area (Å²) < 4.78 is 0. The molecule has 0 spiro atoms. The van der Waals surface area contributed by atoms with Crippen LogP contribution in [-0.4, -0.2) is 15.9 Å². The van der Waals surface area contributed by atoms with Crippen molar-refractivity contribution in [3.8, 4) is 0 Å². The number of aryl methyl sites for hydroxylation is 1. The van der Waals surface area contributed by atoms with Gasteiger partial charge in [0.2, 0.25) is 0 Å². The van der Waals surface area contributed by atoms with E-state index in [9.17, 15) is 4.79 Å². The molecule has 0 bridgehead atoms. The number of pyridine rings is 2. The van der Waals surface area contributed by atoms with Crippen LogP contribution < -0.4 is 5.32 Å². The lowest BCUT2D eigenvalue weighted by molar-refractivity contribution is 0.102. The fourth-order valence-electron chi connectivity index (χ4n) is 1.38. The van der Waals surface area contributed by atoms with Gasteiger partial charge in [0.1, 0.15) is 0 Å². The highest BCUT2D eigenvalue weighted by molar-refractivity contribution is 6.34. The highest BCUT2D eigenvalue weighted by Crippen LogP contribution is 2.16. The maximum atomic E-state index is 11.9. The summed E-state index contributed by atoms with van der Waals surface area (Å²) in [7, 11) is 0. The Labute approximate surface area is 104 Å². The number of nitrogens with one attached hydrogen (secondary N) is 1. The average Bonchev–Trinajstić information content (AvgIpc) is 2.29. The molecular formula is C12H10ClN3O. The van der Waals surface area contributed by atoms with Crippen molar-refractivity contribution in [2.24, 2.45) is 0 Å². The van der Waals surface area contributed by atoms with Gasteiger partial charge in [-0.05, 0) is 24.6 Å². The van der Waals surface area contributed by atoms with E-state index >= 15 is 0 Å². The number of hydrogen-bond donors (Lipinski definition) is 1. The Morgan fingerprint density at radius 2 is 2.12 bits per heavy atom. The van der Waals surface area contributed by atoms with Crippen LogP contribution in [0.4, 0.5) is 5.69 Å². The van der Waals surface area contributed by atoms with Gasteiger partial charge in [0, 0.05) is 18.6 Å². The molecule has 0 aliphatic carbocycles. The van der Waals surface area contributed by atoms with E-state index in [4.69, 9.17) is 11.6 Å². The largest absolute Gasteiger partial charge is 0.321 e. The molecule has 0 saturated heterocycles. The normalized spacial score (nSPS) is 10.0. The number of hydrogen-bond acceptors (Lipinski definition) is 3. The SMILES string of the molecule is Cc1cncc(NC(=O)c2ccncc2Cl)c1. The molecule has 4 nitrogen and oxygen atoms in total. The monoisotopic (exact) mass is 247 g/mol. The Morgan fingerprint density at radius 3 is 2.82 bits per heavy atom. The summed E-state index contributed by atoms with van der Waals surface area (Å²) in [6.07, 6.45) is 6.26. The van der Waals surface area contributed by atoms with Crippen LogP contribution in [0.5, 0.6) is 0 Å². The number of carbonyl (C=O) groups is 1. The fraction of sp³-hybridized carbons (Fsp3) is 0.0833. The molecule has 0 atom stereocenters. The second kappa shape index (κ2) is 4.93. The molecule has 0 radical (unpaired) electrons. The quantitative estimate of drug-likeness (QED) is 0.888. The topological polar surface area (TPSA) is 54.9 Å². The minimum Gasteiger partial charge on any atom is -0.321 e. The van der Waals surface area contributed by atoms with Crippen LogP contribution in [0, 0.1) is 6.92 Å². The number of halogens is 1.